The molecule has 0 amide bonds. The topological polar surface area (TPSA) is 33.6 Å². The molecule has 0 aromatic rings. The van der Waals surface area contributed by atoms with E-state index in [1.807, 2.05) is 20.1 Å². The Morgan fingerprint density at radius 1 is 1.12 bits per heavy atom. The standard InChI is InChI=1S/C11H18N2O.C2H6/c1-2-9(1)13-10-3-5-11(6-4-10)7-8-12-14-11;1-2/h8-10,13H,1-7H2;1-2H3. The zero-order valence-corrected chi connectivity index (χ0v) is 10.5. The summed E-state index contributed by atoms with van der Waals surface area (Å²) in [5, 5.41) is 7.62. The van der Waals surface area contributed by atoms with Gasteiger partial charge in [0.25, 0.3) is 0 Å². The third-order valence-electron chi connectivity index (χ3n) is 3.73. The molecule has 0 unspecified atom stereocenters. The molecule has 1 aliphatic heterocycles. The van der Waals surface area contributed by atoms with E-state index in [4.69, 9.17) is 4.84 Å². The fourth-order valence-electron chi connectivity index (χ4n) is 2.58. The zero-order valence-electron chi connectivity index (χ0n) is 10.5. The van der Waals surface area contributed by atoms with Crippen LogP contribution in [0.25, 0.3) is 0 Å². The van der Waals surface area contributed by atoms with Crippen molar-refractivity contribution < 1.29 is 4.84 Å². The molecule has 1 N–H and O–H groups in total. The molecule has 1 heterocycles. The van der Waals surface area contributed by atoms with Gasteiger partial charge in [0.15, 0.2) is 0 Å². The summed E-state index contributed by atoms with van der Waals surface area (Å²) < 4.78 is 0. The van der Waals surface area contributed by atoms with Crippen molar-refractivity contribution in [2.75, 3.05) is 0 Å². The van der Waals surface area contributed by atoms with E-state index in [2.05, 4.69) is 10.5 Å². The number of hydrogen-bond donors (Lipinski definition) is 1. The molecule has 0 radical (unpaired) electrons. The van der Waals surface area contributed by atoms with E-state index >= 15 is 0 Å². The van der Waals surface area contributed by atoms with Gasteiger partial charge in [0.2, 0.25) is 0 Å². The highest BCUT2D eigenvalue weighted by atomic mass is 16.7. The molecule has 16 heavy (non-hydrogen) atoms. The Kier molecular flexibility index (Phi) is 3.85. The minimum absolute atomic E-state index is 0.0989. The first-order valence-electron chi connectivity index (χ1n) is 6.82. The van der Waals surface area contributed by atoms with Gasteiger partial charge in [-0.2, -0.15) is 0 Å². The molecule has 1 spiro atoms. The highest BCUT2D eigenvalue weighted by Crippen LogP contribution is 2.37. The average molecular weight is 224 g/mol. The van der Waals surface area contributed by atoms with Crippen LogP contribution in [-0.4, -0.2) is 23.9 Å². The third kappa shape index (κ3) is 2.76. The minimum Gasteiger partial charge on any atom is -0.389 e. The first-order valence-corrected chi connectivity index (χ1v) is 6.82. The van der Waals surface area contributed by atoms with Crippen molar-refractivity contribution in [1.82, 2.24) is 5.32 Å². The molecule has 0 atom stereocenters. The Balaban J connectivity index is 0.000000457. The van der Waals surface area contributed by atoms with Crippen LogP contribution in [-0.2, 0) is 4.84 Å². The van der Waals surface area contributed by atoms with E-state index in [1.54, 1.807) is 0 Å². The average Bonchev–Trinajstić information content (AvgIpc) is 3.05. The summed E-state index contributed by atoms with van der Waals surface area (Å²) in [7, 11) is 0. The first kappa shape index (κ1) is 11.9. The maximum absolute atomic E-state index is 5.49. The van der Waals surface area contributed by atoms with Crippen LogP contribution in [0.15, 0.2) is 5.16 Å². The van der Waals surface area contributed by atoms with Gasteiger partial charge in [0.05, 0.1) is 0 Å². The van der Waals surface area contributed by atoms with Gasteiger partial charge < -0.3 is 10.2 Å². The van der Waals surface area contributed by atoms with E-state index in [-0.39, 0.29) is 5.60 Å². The molecular weight excluding hydrogens is 200 g/mol. The SMILES string of the molecule is C1=NOC2(C1)CCC(NC1CC1)CC2.CC. The van der Waals surface area contributed by atoms with E-state index in [9.17, 15) is 0 Å². The van der Waals surface area contributed by atoms with E-state index in [0.717, 1.165) is 18.5 Å². The lowest BCUT2D eigenvalue weighted by Gasteiger charge is -2.35. The lowest BCUT2D eigenvalue weighted by Crippen LogP contribution is -2.41. The molecule has 0 aromatic heterocycles. The van der Waals surface area contributed by atoms with Crippen LogP contribution < -0.4 is 5.32 Å². The largest absolute Gasteiger partial charge is 0.389 e. The summed E-state index contributed by atoms with van der Waals surface area (Å²) in [6.07, 6.45) is 10.6. The highest BCUT2D eigenvalue weighted by Gasteiger charge is 2.40. The lowest BCUT2D eigenvalue weighted by atomic mass is 9.80. The Bertz CT molecular complexity index is 230. The summed E-state index contributed by atoms with van der Waals surface area (Å²) in [6.45, 7) is 4.00. The van der Waals surface area contributed by atoms with Crippen molar-refractivity contribution >= 4 is 6.21 Å². The van der Waals surface area contributed by atoms with Gasteiger partial charge in [0.1, 0.15) is 5.60 Å². The normalized spacial score (nSPS) is 36.8. The molecule has 3 nitrogen and oxygen atoms in total. The second-order valence-electron chi connectivity index (χ2n) is 4.98. The Labute approximate surface area is 98.6 Å². The molecule has 2 aliphatic carbocycles. The number of rotatable bonds is 2. The van der Waals surface area contributed by atoms with Crippen molar-refractivity contribution in [2.24, 2.45) is 5.16 Å². The predicted octanol–water partition coefficient (Wildman–Crippen LogP) is 2.85. The monoisotopic (exact) mass is 224 g/mol. The number of nitrogens with one attached hydrogen (secondary N) is 1. The second kappa shape index (κ2) is 5.17. The molecule has 3 aliphatic rings. The third-order valence-corrected chi connectivity index (χ3v) is 3.73. The Morgan fingerprint density at radius 3 is 2.25 bits per heavy atom. The van der Waals surface area contributed by atoms with Crippen LogP contribution >= 0.6 is 0 Å². The van der Waals surface area contributed by atoms with E-state index in [0.29, 0.717) is 0 Å². The number of oxime groups is 1. The van der Waals surface area contributed by atoms with E-state index < -0.39 is 0 Å². The summed E-state index contributed by atoms with van der Waals surface area (Å²) in [5.41, 5.74) is 0.0989. The summed E-state index contributed by atoms with van der Waals surface area (Å²) in [6, 6.07) is 1.59. The fourth-order valence-corrected chi connectivity index (χ4v) is 2.58. The van der Waals surface area contributed by atoms with Crippen LogP contribution in [0.5, 0.6) is 0 Å². The van der Waals surface area contributed by atoms with Crippen LogP contribution in [0.3, 0.4) is 0 Å². The number of hydrogen-bond acceptors (Lipinski definition) is 3. The molecule has 3 rings (SSSR count). The van der Waals surface area contributed by atoms with Crippen molar-refractivity contribution in [3.8, 4) is 0 Å². The van der Waals surface area contributed by atoms with Crippen molar-refractivity contribution in [1.29, 1.82) is 0 Å². The number of nitrogens with zero attached hydrogens (tertiary/aromatic N) is 1. The Morgan fingerprint density at radius 2 is 1.75 bits per heavy atom. The van der Waals surface area contributed by atoms with Gasteiger partial charge in [-0.25, -0.2) is 0 Å². The molecule has 2 fully saturated rings. The summed E-state index contributed by atoms with van der Waals surface area (Å²) >= 11 is 0. The minimum atomic E-state index is 0.0989. The molecule has 0 bridgehead atoms. The van der Waals surface area contributed by atoms with Gasteiger partial charge >= 0.3 is 0 Å². The highest BCUT2D eigenvalue weighted by molar-refractivity contribution is 5.59. The van der Waals surface area contributed by atoms with Crippen LogP contribution in [0, 0.1) is 0 Å². The summed E-state index contributed by atoms with van der Waals surface area (Å²) in [4.78, 5) is 5.49. The maximum atomic E-state index is 5.49. The first-order chi connectivity index (χ1) is 7.86. The fraction of sp³-hybridized carbons (Fsp3) is 0.923. The van der Waals surface area contributed by atoms with Crippen molar-refractivity contribution in [3.63, 3.8) is 0 Å². The lowest BCUT2D eigenvalue weighted by molar-refractivity contribution is -0.0501. The van der Waals surface area contributed by atoms with Gasteiger partial charge in [-0.15, -0.1) is 0 Å². The predicted molar refractivity (Wildman–Crippen MR) is 66.7 cm³/mol. The van der Waals surface area contributed by atoms with Crippen molar-refractivity contribution in [2.45, 2.75) is 76.5 Å². The quantitative estimate of drug-likeness (QED) is 0.782. The molecule has 0 saturated heterocycles. The smallest absolute Gasteiger partial charge is 0.142 e. The van der Waals surface area contributed by atoms with Gasteiger partial charge in [-0.05, 0) is 38.5 Å². The molecule has 2 saturated carbocycles. The van der Waals surface area contributed by atoms with Gasteiger partial charge in [-0.1, -0.05) is 19.0 Å². The molecule has 0 aromatic carbocycles. The summed E-state index contributed by atoms with van der Waals surface area (Å²) in [5.74, 6) is 0. The van der Waals surface area contributed by atoms with Crippen LogP contribution in [0.4, 0.5) is 0 Å². The van der Waals surface area contributed by atoms with Crippen LogP contribution in [0.2, 0.25) is 0 Å². The second-order valence-corrected chi connectivity index (χ2v) is 4.98. The van der Waals surface area contributed by atoms with Gasteiger partial charge in [-0.3, -0.25) is 0 Å². The molecular formula is C13H24N2O. The van der Waals surface area contributed by atoms with Crippen molar-refractivity contribution in [3.05, 3.63) is 0 Å². The van der Waals surface area contributed by atoms with Gasteiger partial charge in [0, 0.05) is 24.7 Å². The van der Waals surface area contributed by atoms with E-state index in [1.165, 1.54) is 38.5 Å². The molecule has 3 heteroatoms. The molecule has 92 valence electrons. The maximum Gasteiger partial charge on any atom is 0.142 e. The Hall–Kier alpha value is -0.570. The zero-order chi connectivity index (χ0) is 11.4. The van der Waals surface area contributed by atoms with Crippen LogP contribution in [0.1, 0.15) is 58.8 Å².